The molecule has 100 valence electrons. The van der Waals surface area contributed by atoms with Gasteiger partial charge in [-0.05, 0) is 43.0 Å². The van der Waals surface area contributed by atoms with E-state index in [0.717, 1.165) is 11.8 Å². The van der Waals surface area contributed by atoms with Gasteiger partial charge in [0.15, 0.2) is 0 Å². The number of nitrogens with one attached hydrogen (secondary N) is 1. The summed E-state index contributed by atoms with van der Waals surface area (Å²) in [5.41, 5.74) is 0.998. The van der Waals surface area contributed by atoms with Crippen LogP contribution in [-0.4, -0.2) is 17.3 Å². The number of carbonyl (C=O) groups excluding carboxylic acids is 1. The first-order valence-electron chi connectivity index (χ1n) is 6.08. The maximum atomic E-state index is 13.1. The van der Waals surface area contributed by atoms with Crippen molar-refractivity contribution >= 4 is 21.8 Å². The van der Waals surface area contributed by atoms with Gasteiger partial charge in [-0.3, -0.25) is 4.79 Å². The molecule has 1 aromatic rings. The molecule has 0 aliphatic carbocycles. The van der Waals surface area contributed by atoms with Gasteiger partial charge >= 0.3 is 0 Å². The summed E-state index contributed by atoms with van der Waals surface area (Å²) in [7, 11) is 0. The standard InChI is InChI=1S/C14H19BrFNO/c1-9(2)13(6-7-15)17-14(18)11-4-5-12(16)10(3)8-11/h4-5,8-9,13H,6-7H2,1-3H3,(H,17,18). The van der Waals surface area contributed by atoms with Crippen LogP contribution < -0.4 is 5.32 Å². The van der Waals surface area contributed by atoms with E-state index in [1.165, 1.54) is 12.1 Å². The lowest BCUT2D eigenvalue weighted by Gasteiger charge is -2.21. The molecule has 0 fully saturated rings. The van der Waals surface area contributed by atoms with Crippen LogP contribution in [0.1, 0.15) is 36.2 Å². The molecule has 0 saturated carbocycles. The van der Waals surface area contributed by atoms with Crippen LogP contribution in [0.5, 0.6) is 0 Å². The molecule has 0 saturated heterocycles. The van der Waals surface area contributed by atoms with Crippen molar-refractivity contribution in [2.75, 3.05) is 5.33 Å². The molecule has 0 radical (unpaired) electrons. The molecular weight excluding hydrogens is 297 g/mol. The second-order valence-electron chi connectivity index (χ2n) is 4.77. The second kappa shape index (κ2) is 6.88. The zero-order valence-electron chi connectivity index (χ0n) is 11.0. The summed E-state index contributed by atoms with van der Waals surface area (Å²) in [6, 6.07) is 4.56. The molecule has 0 aliphatic heterocycles. The predicted octanol–water partition coefficient (Wildman–Crippen LogP) is 3.67. The van der Waals surface area contributed by atoms with Crippen LogP contribution in [0.15, 0.2) is 18.2 Å². The number of aryl methyl sites for hydroxylation is 1. The molecule has 1 amide bonds. The van der Waals surface area contributed by atoms with E-state index in [-0.39, 0.29) is 17.8 Å². The van der Waals surface area contributed by atoms with Crippen LogP contribution in [0, 0.1) is 18.7 Å². The van der Waals surface area contributed by atoms with Crippen molar-refractivity contribution in [3.63, 3.8) is 0 Å². The van der Waals surface area contributed by atoms with Gasteiger partial charge in [-0.1, -0.05) is 29.8 Å². The topological polar surface area (TPSA) is 29.1 Å². The number of benzene rings is 1. The minimum absolute atomic E-state index is 0.127. The second-order valence-corrected chi connectivity index (χ2v) is 5.56. The zero-order valence-corrected chi connectivity index (χ0v) is 12.6. The van der Waals surface area contributed by atoms with Crippen LogP contribution in [0.25, 0.3) is 0 Å². The van der Waals surface area contributed by atoms with Crippen LogP contribution in [0.4, 0.5) is 4.39 Å². The van der Waals surface area contributed by atoms with Crippen LogP contribution >= 0.6 is 15.9 Å². The zero-order chi connectivity index (χ0) is 13.7. The monoisotopic (exact) mass is 315 g/mol. The lowest BCUT2D eigenvalue weighted by atomic mass is 10.0. The largest absolute Gasteiger partial charge is 0.349 e. The first-order valence-corrected chi connectivity index (χ1v) is 7.20. The van der Waals surface area contributed by atoms with Crippen molar-refractivity contribution in [1.29, 1.82) is 0 Å². The van der Waals surface area contributed by atoms with E-state index in [4.69, 9.17) is 0 Å². The van der Waals surface area contributed by atoms with Gasteiger partial charge in [0.2, 0.25) is 0 Å². The quantitative estimate of drug-likeness (QED) is 0.825. The fourth-order valence-electron chi connectivity index (χ4n) is 1.73. The highest BCUT2D eigenvalue weighted by Gasteiger charge is 2.16. The van der Waals surface area contributed by atoms with Crippen molar-refractivity contribution in [2.45, 2.75) is 33.2 Å². The van der Waals surface area contributed by atoms with Crippen LogP contribution in [0.3, 0.4) is 0 Å². The molecular formula is C14H19BrFNO. The Balaban J connectivity index is 2.77. The summed E-state index contributed by atoms with van der Waals surface area (Å²) >= 11 is 3.38. The van der Waals surface area contributed by atoms with Crippen LogP contribution in [0.2, 0.25) is 0 Å². The van der Waals surface area contributed by atoms with E-state index in [0.29, 0.717) is 17.0 Å². The van der Waals surface area contributed by atoms with E-state index in [1.54, 1.807) is 13.0 Å². The minimum Gasteiger partial charge on any atom is -0.349 e. The summed E-state index contributed by atoms with van der Waals surface area (Å²) in [5, 5.41) is 3.83. The van der Waals surface area contributed by atoms with Gasteiger partial charge in [0, 0.05) is 16.9 Å². The average Bonchev–Trinajstić information content (AvgIpc) is 2.31. The molecule has 1 unspecified atom stereocenters. The summed E-state index contributed by atoms with van der Waals surface area (Å²) < 4.78 is 13.1. The fourth-order valence-corrected chi connectivity index (χ4v) is 2.22. The van der Waals surface area contributed by atoms with E-state index >= 15 is 0 Å². The highest BCUT2D eigenvalue weighted by molar-refractivity contribution is 9.09. The van der Waals surface area contributed by atoms with Gasteiger partial charge in [0.25, 0.3) is 5.91 Å². The van der Waals surface area contributed by atoms with E-state index in [2.05, 4.69) is 35.1 Å². The molecule has 1 atom stereocenters. The molecule has 0 bridgehead atoms. The highest BCUT2D eigenvalue weighted by Crippen LogP contribution is 2.12. The number of hydrogen-bond acceptors (Lipinski definition) is 1. The summed E-state index contributed by atoms with van der Waals surface area (Å²) in [6.07, 6.45) is 0.879. The first-order chi connectivity index (χ1) is 8.45. The maximum absolute atomic E-state index is 13.1. The van der Waals surface area contributed by atoms with Gasteiger partial charge in [0.1, 0.15) is 5.82 Å². The molecule has 1 rings (SSSR count). The van der Waals surface area contributed by atoms with E-state index < -0.39 is 0 Å². The smallest absolute Gasteiger partial charge is 0.251 e. The number of halogens is 2. The number of rotatable bonds is 5. The Bertz CT molecular complexity index is 420. The summed E-state index contributed by atoms with van der Waals surface area (Å²) in [6.45, 7) is 5.80. The molecule has 0 aromatic heterocycles. The normalized spacial score (nSPS) is 12.6. The highest BCUT2D eigenvalue weighted by atomic mass is 79.9. The summed E-state index contributed by atoms with van der Waals surface area (Å²) in [4.78, 5) is 12.0. The minimum atomic E-state index is -0.285. The third-order valence-electron chi connectivity index (χ3n) is 2.96. The van der Waals surface area contributed by atoms with Crippen molar-refractivity contribution < 1.29 is 9.18 Å². The summed E-state index contributed by atoms with van der Waals surface area (Å²) in [5.74, 6) is -0.0572. The van der Waals surface area contributed by atoms with Crippen molar-refractivity contribution in [3.05, 3.63) is 35.1 Å². The van der Waals surface area contributed by atoms with Gasteiger partial charge < -0.3 is 5.32 Å². The van der Waals surface area contributed by atoms with Gasteiger partial charge in [0.05, 0.1) is 0 Å². The number of hydrogen-bond donors (Lipinski definition) is 1. The molecule has 18 heavy (non-hydrogen) atoms. The maximum Gasteiger partial charge on any atom is 0.251 e. The molecule has 1 N–H and O–H groups in total. The number of alkyl halides is 1. The molecule has 4 heteroatoms. The van der Waals surface area contributed by atoms with E-state index in [1.807, 2.05) is 0 Å². The third-order valence-corrected chi connectivity index (χ3v) is 3.42. The molecule has 0 spiro atoms. The van der Waals surface area contributed by atoms with Gasteiger partial charge in [-0.15, -0.1) is 0 Å². The Morgan fingerprint density at radius 3 is 2.61 bits per heavy atom. The van der Waals surface area contributed by atoms with Crippen molar-refractivity contribution in [3.8, 4) is 0 Å². The van der Waals surface area contributed by atoms with E-state index in [9.17, 15) is 9.18 Å². The molecule has 0 aliphatic rings. The Morgan fingerprint density at radius 1 is 1.44 bits per heavy atom. The third kappa shape index (κ3) is 4.09. The lowest BCUT2D eigenvalue weighted by molar-refractivity contribution is 0.0925. The van der Waals surface area contributed by atoms with Crippen molar-refractivity contribution in [2.24, 2.45) is 5.92 Å². The Hall–Kier alpha value is -0.900. The Labute approximate surface area is 116 Å². The lowest BCUT2D eigenvalue weighted by Crippen LogP contribution is -2.38. The fraction of sp³-hybridized carbons (Fsp3) is 0.500. The van der Waals surface area contributed by atoms with Crippen molar-refractivity contribution in [1.82, 2.24) is 5.32 Å². The number of carbonyl (C=O) groups is 1. The molecule has 0 heterocycles. The predicted molar refractivity (Wildman–Crippen MR) is 75.6 cm³/mol. The average molecular weight is 316 g/mol. The Morgan fingerprint density at radius 2 is 2.11 bits per heavy atom. The van der Waals surface area contributed by atoms with Gasteiger partial charge in [-0.25, -0.2) is 4.39 Å². The SMILES string of the molecule is Cc1cc(C(=O)NC(CCBr)C(C)C)ccc1F. The first kappa shape index (κ1) is 15.2. The molecule has 1 aromatic carbocycles. The Kier molecular flexibility index (Phi) is 5.79. The number of amides is 1. The van der Waals surface area contributed by atoms with Gasteiger partial charge in [-0.2, -0.15) is 0 Å². The van der Waals surface area contributed by atoms with Crippen LogP contribution in [-0.2, 0) is 0 Å². The molecule has 2 nitrogen and oxygen atoms in total.